The van der Waals surface area contributed by atoms with E-state index in [4.69, 9.17) is 4.74 Å². The topological polar surface area (TPSA) is 50.4 Å². The number of piperidine rings is 1. The van der Waals surface area contributed by atoms with Gasteiger partial charge in [-0.1, -0.05) is 0 Å². The second-order valence-corrected chi connectivity index (χ2v) is 4.89. The van der Waals surface area contributed by atoms with Crippen molar-refractivity contribution in [2.24, 2.45) is 0 Å². The maximum absolute atomic E-state index is 11.4. The summed E-state index contributed by atoms with van der Waals surface area (Å²) in [6.45, 7) is 3.78. The first-order valence-corrected chi connectivity index (χ1v) is 6.40. The largest absolute Gasteiger partial charge is 0.376 e. The summed E-state index contributed by atoms with van der Waals surface area (Å²) < 4.78 is 5.74. The van der Waals surface area contributed by atoms with Gasteiger partial charge in [0.2, 0.25) is 5.91 Å². The number of carbonyl (C=O) groups is 1. The van der Waals surface area contributed by atoms with E-state index in [0.29, 0.717) is 25.1 Å². The second-order valence-electron chi connectivity index (χ2n) is 4.89. The van der Waals surface area contributed by atoms with E-state index < -0.39 is 0 Å². The van der Waals surface area contributed by atoms with Crippen LogP contribution in [0, 0.1) is 0 Å². The lowest BCUT2D eigenvalue weighted by Crippen LogP contribution is -2.44. The molecule has 1 aliphatic carbocycles. The summed E-state index contributed by atoms with van der Waals surface area (Å²) in [6.07, 6.45) is 5.36. The van der Waals surface area contributed by atoms with Crippen molar-refractivity contribution in [1.82, 2.24) is 10.6 Å². The normalized spacial score (nSPS) is 30.1. The zero-order valence-electron chi connectivity index (χ0n) is 10.00. The van der Waals surface area contributed by atoms with Crippen molar-refractivity contribution in [3.05, 3.63) is 0 Å². The molecule has 2 unspecified atom stereocenters. The van der Waals surface area contributed by atoms with Gasteiger partial charge in [-0.05, 0) is 39.2 Å². The Labute approximate surface area is 97.1 Å². The lowest BCUT2D eigenvalue weighted by atomic mass is 10.0. The Balaban J connectivity index is 1.57. The Bertz CT molecular complexity index is 241. The van der Waals surface area contributed by atoms with Crippen molar-refractivity contribution in [2.45, 2.75) is 57.2 Å². The summed E-state index contributed by atoms with van der Waals surface area (Å²) in [5.41, 5.74) is 0. The third kappa shape index (κ3) is 3.76. The monoisotopic (exact) mass is 226 g/mol. The summed E-state index contributed by atoms with van der Waals surface area (Å²) in [4.78, 5) is 11.4. The summed E-state index contributed by atoms with van der Waals surface area (Å²) in [6, 6.07) is 0.878. The van der Waals surface area contributed by atoms with Gasteiger partial charge < -0.3 is 15.4 Å². The molecule has 92 valence electrons. The molecule has 2 aliphatic rings. The van der Waals surface area contributed by atoms with Crippen LogP contribution in [0.5, 0.6) is 0 Å². The molecule has 0 bridgehead atoms. The van der Waals surface area contributed by atoms with Gasteiger partial charge in [-0.3, -0.25) is 4.79 Å². The molecule has 0 radical (unpaired) electrons. The van der Waals surface area contributed by atoms with Crippen LogP contribution in [0.2, 0.25) is 0 Å². The van der Waals surface area contributed by atoms with E-state index in [1.807, 2.05) is 0 Å². The predicted molar refractivity (Wildman–Crippen MR) is 62.2 cm³/mol. The molecule has 1 heterocycles. The fourth-order valence-corrected chi connectivity index (χ4v) is 2.07. The van der Waals surface area contributed by atoms with Crippen molar-refractivity contribution >= 4 is 5.91 Å². The van der Waals surface area contributed by atoms with Crippen molar-refractivity contribution < 1.29 is 9.53 Å². The summed E-state index contributed by atoms with van der Waals surface area (Å²) in [5.74, 6) is 0.138. The first-order valence-electron chi connectivity index (χ1n) is 6.40. The number of amides is 1. The van der Waals surface area contributed by atoms with Crippen molar-refractivity contribution in [3.8, 4) is 0 Å². The van der Waals surface area contributed by atoms with E-state index in [9.17, 15) is 4.79 Å². The molecule has 4 nitrogen and oxygen atoms in total. The Morgan fingerprint density at radius 3 is 2.94 bits per heavy atom. The number of ether oxygens (including phenoxy) is 1. The maximum Gasteiger partial charge on any atom is 0.222 e. The van der Waals surface area contributed by atoms with Gasteiger partial charge in [0.25, 0.3) is 0 Å². The highest BCUT2D eigenvalue weighted by molar-refractivity contribution is 5.76. The minimum absolute atomic E-state index is 0.138. The first-order chi connectivity index (χ1) is 7.75. The van der Waals surface area contributed by atoms with Crippen LogP contribution in [0.1, 0.15) is 39.0 Å². The quantitative estimate of drug-likeness (QED) is 0.729. The van der Waals surface area contributed by atoms with E-state index in [0.717, 1.165) is 25.8 Å². The van der Waals surface area contributed by atoms with E-state index in [1.165, 1.54) is 6.42 Å². The van der Waals surface area contributed by atoms with Gasteiger partial charge in [0.1, 0.15) is 0 Å². The van der Waals surface area contributed by atoms with Crippen molar-refractivity contribution in [2.75, 3.05) is 13.2 Å². The van der Waals surface area contributed by atoms with E-state index in [2.05, 4.69) is 17.6 Å². The first kappa shape index (κ1) is 11.9. The summed E-state index contributed by atoms with van der Waals surface area (Å²) >= 11 is 0. The Morgan fingerprint density at radius 1 is 1.44 bits per heavy atom. The third-order valence-electron chi connectivity index (χ3n) is 3.29. The molecular weight excluding hydrogens is 204 g/mol. The van der Waals surface area contributed by atoms with Gasteiger partial charge in [-0.2, -0.15) is 0 Å². The van der Waals surface area contributed by atoms with Crippen molar-refractivity contribution in [1.29, 1.82) is 0 Å². The van der Waals surface area contributed by atoms with Crippen LogP contribution in [0.15, 0.2) is 0 Å². The molecule has 1 aliphatic heterocycles. The Kier molecular flexibility index (Phi) is 4.18. The minimum Gasteiger partial charge on any atom is -0.376 e. The average Bonchev–Trinajstić information content (AvgIpc) is 3.05. The molecule has 0 aromatic heterocycles. The number of rotatable bonds is 5. The average molecular weight is 226 g/mol. The Hall–Kier alpha value is -0.610. The predicted octanol–water partition coefficient (Wildman–Crippen LogP) is 0.812. The maximum atomic E-state index is 11.4. The Morgan fingerprint density at radius 2 is 2.25 bits per heavy atom. The molecule has 16 heavy (non-hydrogen) atoms. The lowest BCUT2D eigenvalue weighted by molar-refractivity contribution is -0.123. The number of nitrogens with one attached hydrogen (secondary N) is 2. The molecule has 2 fully saturated rings. The number of hydrogen-bond donors (Lipinski definition) is 2. The van der Waals surface area contributed by atoms with E-state index in [-0.39, 0.29) is 12.0 Å². The summed E-state index contributed by atoms with van der Waals surface area (Å²) in [5, 5.41) is 6.36. The SMILES string of the molecule is CC1NCCCC1OCCC(=O)NC1CC1. The summed E-state index contributed by atoms with van der Waals surface area (Å²) in [7, 11) is 0. The van der Waals surface area contributed by atoms with E-state index in [1.54, 1.807) is 0 Å². The molecule has 1 saturated carbocycles. The third-order valence-corrected chi connectivity index (χ3v) is 3.29. The van der Waals surface area contributed by atoms with E-state index >= 15 is 0 Å². The van der Waals surface area contributed by atoms with Crippen LogP contribution in [-0.4, -0.2) is 37.2 Å². The fraction of sp³-hybridized carbons (Fsp3) is 0.917. The minimum atomic E-state index is 0.138. The highest BCUT2D eigenvalue weighted by Crippen LogP contribution is 2.18. The highest BCUT2D eigenvalue weighted by Gasteiger charge is 2.24. The zero-order chi connectivity index (χ0) is 11.4. The van der Waals surface area contributed by atoms with Crippen LogP contribution in [-0.2, 0) is 9.53 Å². The van der Waals surface area contributed by atoms with Crippen LogP contribution in [0.25, 0.3) is 0 Å². The van der Waals surface area contributed by atoms with Crippen LogP contribution in [0.4, 0.5) is 0 Å². The molecule has 0 aromatic carbocycles. The number of hydrogen-bond acceptors (Lipinski definition) is 3. The van der Waals surface area contributed by atoms with Gasteiger partial charge in [-0.15, -0.1) is 0 Å². The fourth-order valence-electron chi connectivity index (χ4n) is 2.07. The molecule has 2 atom stereocenters. The van der Waals surface area contributed by atoms with Gasteiger partial charge in [0.05, 0.1) is 12.7 Å². The van der Waals surface area contributed by atoms with Gasteiger partial charge >= 0.3 is 0 Å². The van der Waals surface area contributed by atoms with Gasteiger partial charge in [-0.25, -0.2) is 0 Å². The number of carbonyl (C=O) groups excluding carboxylic acids is 1. The lowest BCUT2D eigenvalue weighted by Gasteiger charge is -2.29. The molecule has 4 heteroatoms. The highest BCUT2D eigenvalue weighted by atomic mass is 16.5. The van der Waals surface area contributed by atoms with Crippen molar-refractivity contribution in [3.63, 3.8) is 0 Å². The second kappa shape index (κ2) is 5.64. The molecule has 2 rings (SSSR count). The zero-order valence-corrected chi connectivity index (χ0v) is 10.00. The smallest absolute Gasteiger partial charge is 0.222 e. The standard InChI is InChI=1S/C12H22N2O2/c1-9-11(3-2-7-13-9)16-8-6-12(15)14-10-4-5-10/h9-11,13H,2-8H2,1H3,(H,14,15). The molecule has 0 spiro atoms. The molecule has 1 amide bonds. The van der Waals surface area contributed by atoms with Gasteiger partial charge in [0.15, 0.2) is 0 Å². The van der Waals surface area contributed by atoms with Crippen LogP contribution < -0.4 is 10.6 Å². The molecule has 0 aromatic rings. The molecule has 2 N–H and O–H groups in total. The van der Waals surface area contributed by atoms with Crippen LogP contribution in [0.3, 0.4) is 0 Å². The molecule has 1 saturated heterocycles. The van der Waals surface area contributed by atoms with Crippen LogP contribution >= 0.6 is 0 Å². The molecular formula is C12H22N2O2. The van der Waals surface area contributed by atoms with Gasteiger partial charge in [0, 0.05) is 18.5 Å².